The van der Waals surface area contributed by atoms with Gasteiger partial charge in [0, 0.05) is 13.3 Å². The third-order valence-electron chi connectivity index (χ3n) is 1.41. The van der Waals surface area contributed by atoms with E-state index in [1.165, 1.54) is 0 Å². The first-order chi connectivity index (χ1) is 5.83. The first-order valence-electron chi connectivity index (χ1n) is 3.86. The van der Waals surface area contributed by atoms with Crippen LogP contribution in [-0.2, 0) is 4.74 Å². The minimum Gasteiger partial charge on any atom is -0.490 e. The van der Waals surface area contributed by atoms with Gasteiger partial charge in [-0.15, -0.1) is 0 Å². The predicted octanol–water partition coefficient (Wildman–Crippen LogP) is -0.635. The Morgan fingerprint density at radius 2 is 2.25 bits per heavy atom. The molecule has 12 heavy (non-hydrogen) atoms. The molecule has 1 aromatic rings. The van der Waals surface area contributed by atoms with Gasteiger partial charge in [-0.1, -0.05) is 5.46 Å². The number of methoxy groups -OCH3 is 1. The molecule has 0 fully saturated rings. The lowest BCUT2D eigenvalue weighted by atomic mass is 9.99. The normalized spacial score (nSPS) is 9.75. The summed E-state index contributed by atoms with van der Waals surface area (Å²) in [5, 5.41) is 0. The van der Waals surface area contributed by atoms with Gasteiger partial charge in [0.25, 0.3) is 0 Å². The smallest absolute Gasteiger partial charge is 0.141 e. The molecular formula is C8H12BNO2. The molecule has 1 heterocycles. The summed E-state index contributed by atoms with van der Waals surface area (Å²) in [6.45, 7) is 1.18. The number of aromatic nitrogens is 1. The van der Waals surface area contributed by atoms with Gasteiger partial charge in [-0.05, 0) is 6.07 Å². The van der Waals surface area contributed by atoms with Crippen LogP contribution in [0, 0.1) is 0 Å². The molecular weight excluding hydrogens is 153 g/mol. The van der Waals surface area contributed by atoms with Gasteiger partial charge >= 0.3 is 0 Å². The van der Waals surface area contributed by atoms with E-state index in [-0.39, 0.29) is 0 Å². The molecule has 0 bridgehead atoms. The Hall–Kier alpha value is -1.03. The fourth-order valence-electron chi connectivity index (χ4n) is 0.849. The summed E-state index contributed by atoms with van der Waals surface area (Å²) in [6, 6.07) is 1.95. The third-order valence-corrected chi connectivity index (χ3v) is 1.41. The minimum atomic E-state index is 0.571. The molecule has 0 N–H and O–H groups in total. The molecule has 0 aromatic carbocycles. The molecule has 0 aliphatic carbocycles. The number of hydrogen-bond donors (Lipinski definition) is 0. The summed E-state index contributed by atoms with van der Waals surface area (Å²) in [7, 11) is 3.63. The molecule has 0 spiro atoms. The van der Waals surface area contributed by atoms with Crippen molar-refractivity contribution in [2.24, 2.45) is 0 Å². The van der Waals surface area contributed by atoms with Gasteiger partial charge < -0.3 is 9.47 Å². The van der Waals surface area contributed by atoms with Crippen molar-refractivity contribution in [3.63, 3.8) is 0 Å². The van der Waals surface area contributed by atoms with E-state index in [4.69, 9.17) is 9.47 Å². The van der Waals surface area contributed by atoms with Crippen LogP contribution in [0.4, 0.5) is 0 Å². The minimum absolute atomic E-state index is 0.571. The summed E-state index contributed by atoms with van der Waals surface area (Å²) < 4.78 is 10.2. The summed E-state index contributed by atoms with van der Waals surface area (Å²) in [4.78, 5) is 4.00. The number of rotatable bonds is 4. The molecule has 0 amide bonds. The molecule has 64 valence electrons. The zero-order chi connectivity index (χ0) is 8.81. The zero-order valence-corrected chi connectivity index (χ0v) is 7.41. The van der Waals surface area contributed by atoms with Crippen LogP contribution in [-0.4, -0.2) is 33.2 Å². The van der Waals surface area contributed by atoms with Crippen LogP contribution in [0.1, 0.15) is 0 Å². The van der Waals surface area contributed by atoms with Gasteiger partial charge in [0.15, 0.2) is 0 Å². The largest absolute Gasteiger partial charge is 0.490 e. The highest BCUT2D eigenvalue weighted by molar-refractivity contribution is 6.32. The Morgan fingerprint density at radius 1 is 1.42 bits per heavy atom. The maximum Gasteiger partial charge on any atom is 0.141 e. The maximum atomic E-state index is 5.34. The Labute approximate surface area is 73.1 Å². The highest BCUT2D eigenvalue weighted by Crippen LogP contribution is 2.03. The van der Waals surface area contributed by atoms with Gasteiger partial charge in [0.05, 0.1) is 12.8 Å². The van der Waals surface area contributed by atoms with Crippen molar-refractivity contribution in [3.8, 4) is 5.75 Å². The first-order valence-corrected chi connectivity index (χ1v) is 3.86. The van der Waals surface area contributed by atoms with Crippen LogP contribution in [0.25, 0.3) is 0 Å². The van der Waals surface area contributed by atoms with Crippen molar-refractivity contribution in [2.45, 2.75) is 0 Å². The Bertz CT molecular complexity index is 242. The Morgan fingerprint density at radius 3 is 2.92 bits per heavy atom. The lowest BCUT2D eigenvalue weighted by molar-refractivity contribution is 0.146. The van der Waals surface area contributed by atoms with E-state index in [2.05, 4.69) is 4.98 Å². The number of hydrogen-bond acceptors (Lipinski definition) is 3. The quantitative estimate of drug-likeness (QED) is 0.439. The molecule has 0 aliphatic heterocycles. The average molecular weight is 165 g/mol. The maximum absolute atomic E-state index is 5.34. The lowest BCUT2D eigenvalue weighted by Gasteiger charge is -2.04. The van der Waals surface area contributed by atoms with Crippen molar-refractivity contribution >= 4 is 13.3 Å². The van der Waals surface area contributed by atoms with E-state index >= 15 is 0 Å². The second-order valence-electron chi connectivity index (χ2n) is 2.54. The zero-order valence-electron chi connectivity index (χ0n) is 7.41. The lowest BCUT2D eigenvalue weighted by Crippen LogP contribution is -2.08. The molecule has 0 radical (unpaired) electrons. The van der Waals surface area contributed by atoms with Gasteiger partial charge in [-0.25, -0.2) is 0 Å². The summed E-state index contributed by atoms with van der Waals surface area (Å²) >= 11 is 0. The molecule has 1 rings (SSSR count). The van der Waals surface area contributed by atoms with E-state index in [9.17, 15) is 0 Å². The fraction of sp³-hybridized carbons (Fsp3) is 0.375. The van der Waals surface area contributed by atoms with E-state index in [0.717, 1.165) is 11.2 Å². The number of ether oxygens (including phenoxy) is 2. The Balaban J connectivity index is 2.41. The van der Waals surface area contributed by atoms with Crippen LogP contribution in [0.2, 0.25) is 0 Å². The van der Waals surface area contributed by atoms with Gasteiger partial charge in [0.1, 0.15) is 20.2 Å². The van der Waals surface area contributed by atoms with Crippen molar-refractivity contribution in [1.29, 1.82) is 0 Å². The molecule has 3 nitrogen and oxygen atoms in total. The second kappa shape index (κ2) is 4.77. The van der Waals surface area contributed by atoms with Crippen LogP contribution < -0.4 is 10.2 Å². The van der Waals surface area contributed by atoms with Crippen LogP contribution in [0.3, 0.4) is 0 Å². The molecule has 0 saturated carbocycles. The van der Waals surface area contributed by atoms with Gasteiger partial charge in [0.2, 0.25) is 0 Å². The highest BCUT2D eigenvalue weighted by Gasteiger charge is 1.92. The third kappa shape index (κ3) is 2.92. The summed E-state index contributed by atoms with van der Waals surface area (Å²) in [5.41, 5.74) is 1.10. The topological polar surface area (TPSA) is 31.4 Å². The van der Waals surface area contributed by atoms with E-state index < -0.39 is 0 Å². The first kappa shape index (κ1) is 9.07. The van der Waals surface area contributed by atoms with E-state index in [1.54, 1.807) is 19.5 Å². The van der Waals surface area contributed by atoms with E-state index in [0.29, 0.717) is 13.2 Å². The molecule has 0 saturated heterocycles. The Kier molecular flexibility index (Phi) is 3.61. The fourth-order valence-corrected chi connectivity index (χ4v) is 0.849. The molecule has 0 aliphatic rings. The predicted molar refractivity (Wildman–Crippen MR) is 49.8 cm³/mol. The summed E-state index contributed by atoms with van der Waals surface area (Å²) in [6.07, 6.45) is 3.49. The standard InChI is InChI=1S/C8H12BNO2/c1-11-2-3-12-8-4-7(9)5-10-6-8/h4-6H,2-3,9H2,1H3. The number of nitrogens with zero attached hydrogens (tertiary/aromatic N) is 1. The van der Waals surface area contributed by atoms with Crippen LogP contribution in [0.5, 0.6) is 5.75 Å². The highest BCUT2D eigenvalue weighted by atomic mass is 16.5. The summed E-state index contributed by atoms with van der Waals surface area (Å²) in [5.74, 6) is 0.798. The molecule has 0 atom stereocenters. The molecule has 0 unspecified atom stereocenters. The number of pyridine rings is 1. The second-order valence-corrected chi connectivity index (χ2v) is 2.54. The van der Waals surface area contributed by atoms with Gasteiger partial charge in [-0.3, -0.25) is 4.98 Å². The monoisotopic (exact) mass is 165 g/mol. The van der Waals surface area contributed by atoms with Gasteiger partial charge in [-0.2, -0.15) is 0 Å². The van der Waals surface area contributed by atoms with Crippen molar-refractivity contribution in [3.05, 3.63) is 18.5 Å². The average Bonchev–Trinajstić information content (AvgIpc) is 2.05. The van der Waals surface area contributed by atoms with Crippen LogP contribution in [0.15, 0.2) is 18.5 Å². The van der Waals surface area contributed by atoms with Crippen molar-refractivity contribution in [1.82, 2.24) is 4.98 Å². The SMILES string of the molecule is Bc1cncc(OCCOC)c1. The molecule has 4 heteroatoms. The van der Waals surface area contributed by atoms with E-state index in [1.807, 2.05) is 13.9 Å². The molecule has 1 aromatic heterocycles. The van der Waals surface area contributed by atoms with Crippen LogP contribution >= 0.6 is 0 Å². The van der Waals surface area contributed by atoms with Crippen molar-refractivity contribution in [2.75, 3.05) is 20.3 Å². The van der Waals surface area contributed by atoms with Crippen molar-refractivity contribution < 1.29 is 9.47 Å².